The first-order valence-electron chi connectivity index (χ1n) is 15.4. The van der Waals surface area contributed by atoms with Crippen LogP contribution in [0.25, 0.3) is 0 Å². The Balaban J connectivity index is 0.000000376. The molecule has 0 saturated carbocycles. The first-order valence-corrected chi connectivity index (χ1v) is 15.8. The maximum Gasteiger partial charge on any atom is 0.458 e. The van der Waals surface area contributed by atoms with Crippen molar-refractivity contribution in [2.45, 2.75) is 25.2 Å². The Labute approximate surface area is 297 Å². The number of piperazine rings is 1. The summed E-state index contributed by atoms with van der Waals surface area (Å²) in [5.74, 6) is -5.80. The van der Waals surface area contributed by atoms with E-state index in [1.165, 1.54) is 11.1 Å². The van der Waals surface area contributed by atoms with Gasteiger partial charge in [-0.3, -0.25) is 9.59 Å². The third kappa shape index (κ3) is 9.46. The second-order valence-corrected chi connectivity index (χ2v) is 11.8. The molecule has 1 aromatic heterocycles. The fraction of sp³-hybridized carbons (Fsp3) is 0.235. The zero-order valence-corrected chi connectivity index (χ0v) is 27.5. The monoisotopic (exact) mass is 744 g/mol. The lowest BCUT2D eigenvalue weighted by Crippen LogP contribution is -2.50. The Bertz CT molecular complexity index is 1990. The van der Waals surface area contributed by atoms with E-state index in [2.05, 4.69) is 61.2 Å². The Kier molecular flexibility index (Phi) is 11.2. The van der Waals surface area contributed by atoms with Gasteiger partial charge < -0.3 is 25.8 Å². The van der Waals surface area contributed by atoms with Gasteiger partial charge in [0, 0.05) is 48.9 Å². The molecule has 2 amide bonds. The molecule has 3 aromatic carbocycles. The highest BCUT2D eigenvalue weighted by Gasteiger charge is 2.54. The average molecular weight is 745 g/mol. The number of nitrogens with zero attached hydrogens (tertiary/aromatic N) is 5. The average Bonchev–Trinajstić information content (AvgIpc) is 3.12. The fourth-order valence-electron chi connectivity index (χ4n) is 5.27. The first kappa shape index (κ1) is 37.4. The molecule has 2 aliphatic rings. The van der Waals surface area contributed by atoms with Gasteiger partial charge >= 0.3 is 30.0 Å². The van der Waals surface area contributed by atoms with Gasteiger partial charge in [0.1, 0.15) is 5.02 Å². The predicted octanol–water partition coefficient (Wildman–Crippen LogP) is 7.19. The van der Waals surface area contributed by atoms with Crippen LogP contribution in [0.2, 0.25) is 5.02 Å². The van der Waals surface area contributed by atoms with Crippen LogP contribution < -0.4 is 20.9 Å². The molecule has 0 atom stereocenters. The number of rotatable bonds is 3. The highest BCUT2D eigenvalue weighted by molar-refractivity contribution is 6.41. The summed E-state index contributed by atoms with van der Waals surface area (Å²) in [6.07, 6.45) is -8.23. The van der Waals surface area contributed by atoms with Gasteiger partial charge in [-0.05, 0) is 78.6 Å². The number of aromatic nitrogens is 2. The summed E-state index contributed by atoms with van der Waals surface area (Å²) in [4.78, 5) is 45.2. The second kappa shape index (κ2) is 15.6. The van der Waals surface area contributed by atoms with Crippen LogP contribution in [0.15, 0.2) is 72.9 Å². The zero-order chi connectivity index (χ0) is 37.6. The maximum atomic E-state index is 12.9. The summed E-state index contributed by atoms with van der Waals surface area (Å²) in [5, 5.41) is 19.0. The molecule has 2 aliphatic heterocycles. The van der Waals surface area contributed by atoms with Crippen molar-refractivity contribution in [1.82, 2.24) is 14.9 Å². The molecule has 6 rings (SSSR count). The van der Waals surface area contributed by atoms with E-state index in [-0.39, 0.29) is 6.03 Å². The SMILES string of the molecule is N#Cc1ccc(NC(=O)N2CCN(c3ccc4cc3CCc3cccc(c3)Nc3ncc(Cl)c(n3)N4)CC2)cc1.O=C(C(=O)C(F)(F)F)C(F)(F)F. The minimum Gasteiger partial charge on any atom is -0.368 e. The topological polar surface area (TPSA) is 143 Å². The van der Waals surface area contributed by atoms with Crippen LogP contribution in [0.5, 0.6) is 0 Å². The van der Waals surface area contributed by atoms with Gasteiger partial charge in [-0.25, -0.2) is 9.78 Å². The number of halogens is 7. The number of fused-ring (bicyclic) bond motifs is 6. The molecule has 52 heavy (non-hydrogen) atoms. The third-order valence-electron chi connectivity index (χ3n) is 7.85. The Morgan fingerprint density at radius 3 is 2.12 bits per heavy atom. The van der Waals surface area contributed by atoms with E-state index in [0.717, 1.165) is 43.0 Å². The van der Waals surface area contributed by atoms with Crippen molar-refractivity contribution >= 4 is 63.7 Å². The minimum atomic E-state index is -5.77. The number of benzene rings is 3. The van der Waals surface area contributed by atoms with Crippen LogP contribution in [0.3, 0.4) is 0 Å². The third-order valence-corrected chi connectivity index (χ3v) is 8.12. The van der Waals surface area contributed by atoms with Crippen molar-refractivity contribution in [3.8, 4) is 6.07 Å². The number of ketones is 2. The molecule has 270 valence electrons. The van der Waals surface area contributed by atoms with Crippen LogP contribution in [0.4, 0.5) is 65.7 Å². The van der Waals surface area contributed by atoms with Gasteiger partial charge in [0.15, 0.2) is 5.82 Å². The Morgan fingerprint density at radius 1 is 0.827 bits per heavy atom. The van der Waals surface area contributed by atoms with E-state index in [9.17, 15) is 40.7 Å². The summed E-state index contributed by atoms with van der Waals surface area (Å²) in [5.41, 5.74) is 6.65. The predicted molar refractivity (Wildman–Crippen MR) is 180 cm³/mol. The van der Waals surface area contributed by atoms with Crippen LogP contribution >= 0.6 is 11.6 Å². The smallest absolute Gasteiger partial charge is 0.368 e. The standard InChI is InChI=1S/C30H27ClN8O.C4F6O2/c31-26-19-33-29-35-24-3-1-2-20(16-24)4-7-22-17-25(34-28(26)37-29)10-11-27(22)38-12-14-39(15-13-38)30(40)36-23-8-5-21(18-32)6-9-23;5-3(6,7)1(11)2(12)4(8,9)10/h1-3,5-6,8-11,16-17,19H,4,7,12-15H2,(H,36,40)(H2,33,34,35,37);. The number of urea groups is 1. The number of nitriles is 1. The summed E-state index contributed by atoms with van der Waals surface area (Å²) in [6.45, 7) is 2.66. The number of Topliss-reactive ketones (excluding diaryl/α,β-unsaturated/α-hetero) is 2. The van der Waals surface area contributed by atoms with Crippen LogP contribution in [0.1, 0.15) is 16.7 Å². The summed E-state index contributed by atoms with van der Waals surface area (Å²) >= 11 is 6.42. The molecule has 4 aromatic rings. The molecule has 0 aliphatic carbocycles. The summed E-state index contributed by atoms with van der Waals surface area (Å²) < 4.78 is 67.0. The molecular formula is C34H27ClF6N8O3. The number of anilines is 6. The van der Waals surface area contributed by atoms with Gasteiger partial charge in [-0.1, -0.05) is 23.7 Å². The van der Waals surface area contributed by atoms with Crippen LogP contribution in [-0.4, -0.2) is 71.0 Å². The lowest BCUT2D eigenvalue weighted by atomic mass is 10.0. The van der Waals surface area contributed by atoms with Gasteiger partial charge in [0.25, 0.3) is 0 Å². The zero-order valence-electron chi connectivity index (χ0n) is 26.8. The summed E-state index contributed by atoms with van der Waals surface area (Å²) in [7, 11) is 0. The van der Waals surface area contributed by atoms with Crippen molar-refractivity contribution in [3.63, 3.8) is 0 Å². The van der Waals surface area contributed by atoms with Crippen molar-refractivity contribution in [2.75, 3.05) is 47.0 Å². The van der Waals surface area contributed by atoms with E-state index >= 15 is 0 Å². The fourth-order valence-corrected chi connectivity index (χ4v) is 5.41. The van der Waals surface area contributed by atoms with Crippen molar-refractivity contribution < 1.29 is 40.7 Å². The largest absolute Gasteiger partial charge is 0.458 e. The van der Waals surface area contributed by atoms with E-state index in [1.54, 1.807) is 30.5 Å². The van der Waals surface area contributed by atoms with Crippen LogP contribution in [0, 0.1) is 11.3 Å². The molecule has 3 heterocycles. The number of aryl methyl sites for hydroxylation is 2. The van der Waals surface area contributed by atoms with Crippen LogP contribution in [-0.2, 0) is 22.4 Å². The molecule has 3 N–H and O–H groups in total. The normalized spacial score (nSPS) is 14.0. The number of carbonyl (C=O) groups is 3. The minimum absolute atomic E-state index is 0.135. The molecule has 0 unspecified atom stereocenters. The lowest BCUT2D eigenvalue weighted by molar-refractivity contribution is -0.193. The molecule has 11 nitrogen and oxygen atoms in total. The van der Waals surface area contributed by atoms with Crippen molar-refractivity contribution in [3.05, 3.63) is 94.6 Å². The van der Waals surface area contributed by atoms with E-state index in [4.69, 9.17) is 16.9 Å². The molecule has 0 radical (unpaired) electrons. The molecule has 18 heteroatoms. The summed E-state index contributed by atoms with van der Waals surface area (Å²) in [6, 6.07) is 23.5. The van der Waals surface area contributed by atoms with Gasteiger partial charge in [-0.15, -0.1) is 0 Å². The van der Waals surface area contributed by atoms with Gasteiger partial charge in [0.2, 0.25) is 5.95 Å². The molecule has 1 fully saturated rings. The van der Waals surface area contributed by atoms with Gasteiger partial charge in [0.05, 0.1) is 17.8 Å². The highest BCUT2D eigenvalue weighted by atomic mass is 35.5. The number of hydrogen-bond donors (Lipinski definition) is 3. The second-order valence-electron chi connectivity index (χ2n) is 11.4. The van der Waals surface area contributed by atoms with E-state index < -0.39 is 23.9 Å². The van der Waals surface area contributed by atoms with E-state index in [0.29, 0.717) is 41.1 Å². The highest BCUT2D eigenvalue weighted by Crippen LogP contribution is 2.32. The van der Waals surface area contributed by atoms with Gasteiger partial charge in [-0.2, -0.15) is 36.6 Å². The van der Waals surface area contributed by atoms with E-state index in [1.807, 2.05) is 23.1 Å². The lowest BCUT2D eigenvalue weighted by Gasteiger charge is -2.37. The van der Waals surface area contributed by atoms with Crippen molar-refractivity contribution in [1.29, 1.82) is 5.26 Å². The molecular weight excluding hydrogens is 718 g/mol. The number of amides is 2. The molecule has 6 bridgehead atoms. The first-order chi connectivity index (χ1) is 24.6. The number of carbonyl (C=O) groups excluding carboxylic acids is 3. The number of nitrogens with one attached hydrogen (secondary N) is 3. The Hall–Kier alpha value is -5.89. The maximum absolute atomic E-state index is 12.9. The number of alkyl halides is 6. The molecule has 0 spiro atoms. The quantitative estimate of drug-likeness (QED) is 0.147. The molecule has 1 saturated heterocycles. The van der Waals surface area contributed by atoms with Crippen molar-refractivity contribution in [2.24, 2.45) is 0 Å². The Morgan fingerprint density at radius 2 is 1.48 bits per heavy atom. The number of hydrogen-bond acceptors (Lipinski definition) is 9.